The molecule has 0 spiro atoms. The summed E-state index contributed by atoms with van der Waals surface area (Å²) in [4.78, 5) is 35.2. The number of para-hydroxylation sites is 1. The predicted molar refractivity (Wildman–Crippen MR) is 150 cm³/mol. The lowest BCUT2D eigenvalue weighted by Gasteiger charge is -2.16. The molecule has 0 atom stereocenters. The number of anilines is 3. The lowest BCUT2D eigenvalue weighted by molar-refractivity contribution is -0.383. The standard InChI is InChI=1S/C27H31N7O5/c1-6-39-26(35)18-15-29-27(31-25(18)19-16-33(4)22-10-8-7-9-17(19)22)30-21-13-23(34(36)37)20(14-24(21)38-5)28-11-12-32(2)3/h7-10,13-16,28H,6,11-12H2,1-5H3,(H,29,30,31). The number of aromatic nitrogens is 3. The first-order valence-corrected chi connectivity index (χ1v) is 12.3. The van der Waals surface area contributed by atoms with Gasteiger partial charge in [-0.2, -0.15) is 0 Å². The van der Waals surface area contributed by atoms with E-state index in [9.17, 15) is 14.9 Å². The fourth-order valence-electron chi connectivity index (χ4n) is 4.20. The van der Waals surface area contributed by atoms with Crippen molar-refractivity contribution in [3.8, 4) is 17.0 Å². The highest BCUT2D eigenvalue weighted by Gasteiger charge is 2.23. The van der Waals surface area contributed by atoms with Crippen molar-refractivity contribution in [3.05, 3.63) is 64.5 Å². The van der Waals surface area contributed by atoms with E-state index in [1.165, 1.54) is 19.4 Å². The topological polar surface area (TPSA) is 137 Å². The summed E-state index contributed by atoms with van der Waals surface area (Å²) in [6, 6.07) is 10.7. The fourth-order valence-corrected chi connectivity index (χ4v) is 4.20. The largest absolute Gasteiger partial charge is 0.494 e. The van der Waals surface area contributed by atoms with Gasteiger partial charge in [0.1, 0.15) is 17.0 Å². The maximum atomic E-state index is 12.8. The smallest absolute Gasteiger partial charge is 0.341 e. The first-order valence-electron chi connectivity index (χ1n) is 12.3. The second-order valence-electron chi connectivity index (χ2n) is 9.03. The number of nitrogens with zero attached hydrogens (tertiary/aromatic N) is 5. The van der Waals surface area contributed by atoms with Crippen LogP contribution in [0, 0.1) is 10.1 Å². The van der Waals surface area contributed by atoms with E-state index in [0.717, 1.165) is 16.5 Å². The number of nitro groups is 1. The molecule has 2 aromatic heterocycles. The van der Waals surface area contributed by atoms with Crippen LogP contribution in [0.5, 0.6) is 5.75 Å². The van der Waals surface area contributed by atoms with Crippen molar-refractivity contribution in [2.24, 2.45) is 7.05 Å². The van der Waals surface area contributed by atoms with Crippen LogP contribution in [0.4, 0.5) is 23.0 Å². The molecule has 0 bridgehead atoms. The predicted octanol–water partition coefficient (Wildman–Crippen LogP) is 4.45. The quantitative estimate of drug-likeness (QED) is 0.162. The number of esters is 1. The monoisotopic (exact) mass is 533 g/mol. The van der Waals surface area contributed by atoms with Crippen LogP contribution in [-0.2, 0) is 11.8 Å². The number of nitrogens with one attached hydrogen (secondary N) is 2. The third kappa shape index (κ3) is 5.91. The average Bonchev–Trinajstić information content (AvgIpc) is 3.25. The zero-order chi connectivity index (χ0) is 28.1. The molecule has 0 aliphatic heterocycles. The fraction of sp³-hybridized carbons (Fsp3) is 0.296. The van der Waals surface area contributed by atoms with E-state index in [-0.39, 0.29) is 23.8 Å². The molecular weight excluding hydrogens is 502 g/mol. The SMILES string of the molecule is CCOC(=O)c1cnc(Nc2cc([N+](=O)[O-])c(NCCN(C)C)cc2OC)nc1-c1cn(C)c2ccccc12. The van der Waals surface area contributed by atoms with E-state index in [4.69, 9.17) is 9.47 Å². The van der Waals surface area contributed by atoms with Crippen LogP contribution in [0.1, 0.15) is 17.3 Å². The Labute approximate surface area is 225 Å². The molecular formula is C27H31N7O5. The van der Waals surface area contributed by atoms with Gasteiger partial charge in [0, 0.05) is 61.1 Å². The van der Waals surface area contributed by atoms with Crippen LogP contribution < -0.4 is 15.4 Å². The van der Waals surface area contributed by atoms with Crippen molar-refractivity contribution >= 4 is 39.9 Å². The van der Waals surface area contributed by atoms with Crippen LogP contribution in [-0.4, -0.2) is 71.2 Å². The Morgan fingerprint density at radius 3 is 2.67 bits per heavy atom. The molecule has 4 rings (SSSR count). The molecule has 0 radical (unpaired) electrons. The normalized spacial score (nSPS) is 11.0. The highest BCUT2D eigenvalue weighted by Crippen LogP contribution is 2.38. The van der Waals surface area contributed by atoms with Crippen LogP contribution in [0.15, 0.2) is 48.8 Å². The number of hydrogen-bond donors (Lipinski definition) is 2. The van der Waals surface area contributed by atoms with Gasteiger partial charge in [-0.1, -0.05) is 18.2 Å². The number of hydrogen-bond acceptors (Lipinski definition) is 10. The summed E-state index contributed by atoms with van der Waals surface area (Å²) in [6.45, 7) is 3.13. The molecule has 0 aliphatic rings. The number of rotatable bonds is 11. The third-order valence-corrected chi connectivity index (χ3v) is 6.07. The van der Waals surface area contributed by atoms with Crippen molar-refractivity contribution < 1.29 is 19.2 Å². The molecule has 12 heteroatoms. The number of carbonyl (C=O) groups is 1. The molecule has 2 aromatic carbocycles. The third-order valence-electron chi connectivity index (χ3n) is 6.07. The molecule has 0 saturated heterocycles. The number of nitro benzene ring substituents is 1. The lowest BCUT2D eigenvalue weighted by atomic mass is 10.1. The molecule has 204 valence electrons. The first-order chi connectivity index (χ1) is 18.7. The Bertz CT molecular complexity index is 1520. The van der Waals surface area contributed by atoms with Crippen molar-refractivity contribution in [1.82, 2.24) is 19.4 Å². The molecule has 2 heterocycles. The van der Waals surface area contributed by atoms with Gasteiger partial charge in [0.2, 0.25) is 5.95 Å². The summed E-state index contributed by atoms with van der Waals surface area (Å²) in [5.74, 6) is -0.0574. The van der Waals surface area contributed by atoms with Crippen LogP contribution in [0.2, 0.25) is 0 Å². The Morgan fingerprint density at radius 2 is 1.97 bits per heavy atom. The van der Waals surface area contributed by atoms with E-state index < -0.39 is 10.9 Å². The van der Waals surface area contributed by atoms with Crippen LogP contribution >= 0.6 is 0 Å². The maximum absolute atomic E-state index is 12.8. The second-order valence-corrected chi connectivity index (χ2v) is 9.03. The number of aryl methyl sites for hydroxylation is 1. The molecule has 39 heavy (non-hydrogen) atoms. The molecule has 0 amide bonds. The highest BCUT2D eigenvalue weighted by atomic mass is 16.6. The number of methoxy groups -OCH3 is 1. The summed E-state index contributed by atoms with van der Waals surface area (Å²) in [6.07, 6.45) is 3.28. The Balaban J connectivity index is 1.78. The van der Waals surface area contributed by atoms with Gasteiger partial charge in [-0.25, -0.2) is 14.8 Å². The van der Waals surface area contributed by atoms with Crippen molar-refractivity contribution in [3.63, 3.8) is 0 Å². The maximum Gasteiger partial charge on any atom is 0.341 e. The van der Waals surface area contributed by atoms with Gasteiger partial charge < -0.3 is 29.6 Å². The van der Waals surface area contributed by atoms with Gasteiger partial charge in [0.15, 0.2) is 0 Å². The molecule has 0 fully saturated rings. The second kappa shape index (κ2) is 11.8. The number of ether oxygens (including phenoxy) is 2. The van der Waals surface area contributed by atoms with E-state index >= 15 is 0 Å². The molecule has 0 unspecified atom stereocenters. The minimum atomic E-state index is -0.548. The molecule has 2 N–H and O–H groups in total. The van der Waals surface area contributed by atoms with Gasteiger partial charge in [-0.15, -0.1) is 0 Å². The van der Waals surface area contributed by atoms with Gasteiger partial charge in [0.05, 0.1) is 30.0 Å². The van der Waals surface area contributed by atoms with Crippen LogP contribution in [0.25, 0.3) is 22.2 Å². The van der Waals surface area contributed by atoms with E-state index in [0.29, 0.717) is 35.9 Å². The Kier molecular flexibility index (Phi) is 8.25. The minimum absolute atomic E-state index is 0.130. The van der Waals surface area contributed by atoms with Crippen molar-refractivity contribution in [2.45, 2.75) is 6.92 Å². The van der Waals surface area contributed by atoms with E-state index in [1.54, 1.807) is 13.0 Å². The molecule has 0 aliphatic carbocycles. The summed E-state index contributed by atoms with van der Waals surface area (Å²) < 4.78 is 12.7. The van der Waals surface area contributed by atoms with Crippen molar-refractivity contribution in [2.75, 3.05) is 51.5 Å². The van der Waals surface area contributed by atoms with Gasteiger partial charge in [-0.05, 0) is 27.1 Å². The summed E-state index contributed by atoms with van der Waals surface area (Å²) in [5.41, 5.74) is 2.77. The van der Waals surface area contributed by atoms with Crippen molar-refractivity contribution in [1.29, 1.82) is 0 Å². The zero-order valence-corrected chi connectivity index (χ0v) is 22.5. The van der Waals surface area contributed by atoms with Gasteiger partial charge in [-0.3, -0.25) is 10.1 Å². The van der Waals surface area contributed by atoms with E-state index in [1.807, 2.05) is 61.1 Å². The first kappa shape index (κ1) is 27.3. The lowest BCUT2D eigenvalue weighted by Crippen LogP contribution is -2.21. The highest BCUT2D eigenvalue weighted by molar-refractivity contribution is 6.03. The molecule has 4 aromatic rings. The van der Waals surface area contributed by atoms with Gasteiger partial charge >= 0.3 is 5.97 Å². The molecule has 0 saturated carbocycles. The summed E-state index contributed by atoms with van der Waals surface area (Å²) in [7, 11) is 7.23. The zero-order valence-electron chi connectivity index (χ0n) is 22.5. The number of likely N-dealkylation sites (N-methyl/N-ethyl adjacent to an activating group) is 1. The van der Waals surface area contributed by atoms with Crippen LogP contribution in [0.3, 0.4) is 0 Å². The Hall–Kier alpha value is -4.71. The van der Waals surface area contributed by atoms with Gasteiger partial charge in [0.25, 0.3) is 5.69 Å². The summed E-state index contributed by atoms with van der Waals surface area (Å²) in [5, 5.41) is 18.9. The number of benzene rings is 2. The Morgan fingerprint density at radius 1 is 1.21 bits per heavy atom. The van der Waals surface area contributed by atoms with E-state index in [2.05, 4.69) is 20.6 Å². The minimum Gasteiger partial charge on any atom is -0.494 e. The number of carbonyl (C=O) groups excluding carboxylic acids is 1. The number of fused-ring (bicyclic) bond motifs is 1. The average molecular weight is 534 g/mol. The molecule has 12 nitrogen and oxygen atoms in total. The summed E-state index contributed by atoms with van der Waals surface area (Å²) >= 11 is 0.